The molecular weight excluding hydrogens is 226 g/mol. The summed E-state index contributed by atoms with van der Waals surface area (Å²) >= 11 is 0. The third-order valence-corrected chi connectivity index (χ3v) is 4.17. The number of amides is 1. The lowest BCUT2D eigenvalue weighted by Crippen LogP contribution is -2.42. The average Bonchev–Trinajstić information content (AvgIpc) is 2.64. The van der Waals surface area contributed by atoms with Crippen LogP contribution in [0.2, 0.25) is 0 Å². The summed E-state index contributed by atoms with van der Waals surface area (Å²) in [6.07, 6.45) is 11.9. The zero-order valence-electron chi connectivity index (χ0n) is 11.2. The minimum atomic E-state index is 0.0594. The Hall–Kier alpha value is -0.830. The van der Waals surface area contributed by atoms with Gasteiger partial charge in [-0.3, -0.25) is 4.79 Å². The fourth-order valence-corrected chi connectivity index (χ4v) is 3.06. The first-order valence-corrected chi connectivity index (χ1v) is 7.39. The van der Waals surface area contributed by atoms with Crippen LogP contribution in [0.1, 0.15) is 57.8 Å². The molecule has 0 aromatic heterocycles. The summed E-state index contributed by atoms with van der Waals surface area (Å²) in [7, 11) is 0. The van der Waals surface area contributed by atoms with E-state index >= 15 is 0 Å². The average molecular weight is 251 g/mol. The van der Waals surface area contributed by atoms with Crippen LogP contribution in [-0.4, -0.2) is 35.1 Å². The monoisotopic (exact) mass is 251 g/mol. The first kappa shape index (κ1) is 13.6. The summed E-state index contributed by atoms with van der Waals surface area (Å²) < 4.78 is 0. The SMILES string of the molecule is O=C(CC1=CCCCC1)N1CCCCCC1CO. The Balaban J connectivity index is 1.94. The Bertz CT molecular complexity index is 312. The van der Waals surface area contributed by atoms with Crippen LogP contribution in [-0.2, 0) is 4.79 Å². The van der Waals surface area contributed by atoms with Crippen molar-refractivity contribution in [2.75, 3.05) is 13.2 Å². The van der Waals surface area contributed by atoms with E-state index in [2.05, 4.69) is 6.08 Å². The molecule has 1 saturated heterocycles. The quantitative estimate of drug-likeness (QED) is 0.783. The van der Waals surface area contributed by atoms with Gasteiger partial charge < -0.3 is 10.0 Å². The maximum Gasteiger partial charge on any atom is 0.226 e. The molecule has 2 rings (SSSR count). The smallest absolute Gasteiger partial charge is 0.226 e. The van der Waals surface area contributed by atoms with E-state index in [1.54, 1.807) is 0 Å². The molecule has 0 bridgehead atoms. The number of aliphatic hydroxyl groups is 1. The van der Waals surface area contributed by atoms with Crippen LogP contribution in [0.5, 0.6) is 0 Å². The normalized spacial score (nSPS) is 25.5. The molecule has 1 fully saturated rings. The number of likely N-dealkylation sites (tertiary alicyclic amines) is 1. The Morgan fingerprint density at radius 2 is 2.17 bits per heavy atom. The Morgan fingerprint density at radius 3 is 2.89 bits per heavy atom. The molecule has 1 aliphatic heterocycles. The number of hydrogen-bond acceptors (Lipinski definition) is 2. The molecule has 0 radical (unpaired) electrons. The first-order valence-electron chi connectivity index (χ1n) is 7.39. The van der Waals surface area contributed by atoms with Gasteiger partial charge in [0.25, 0.3) is 0 Å². The molecular formula is C15H25NO2. The van der Waals surface area contributed by atoms with Crippen molar-refractivity contribution in [3.05, 3.63) is 11.6 Å². The van der Waals surface area contributed by atoms with Crippen molar-refractivity contribution >= 4 is 5.91 Å². The van der Waals surface area contributed by atoms with Gasteiger partial charge in [0.15, 0.2) is 0 Å². The van der Waals surface area contributed by atoms with Gasteiger partial charge in [0.05, 0.1) is 12.6 Å². The highest BCUT2D eigenvalue weighted by Gasteiger charge is 2.25. The van der Waals surface area contributed by atoms with E-state index in [0.29, 0.717) is 6.42 Å². The van der Waals surface area contributed by atoms with E-state index in [4.69, 9.17) is 0 Å². The summed E-state index contributed by atoms with van der Waals surface area (Å²) in [4.78, 5) is 14.3. The van der Waals surface area contributed by atoms with Gasteiger partial charge in [-0.15, -0.1) is 0 Å². The zero-order valence-corrected chi connectivity index (χ0v) is 11.2. The predicted octanol–water partition coefficient (Wildman–Crippen LogP) is 2.64. The van der Waals surface area contributed by atoms with Gasteiger partial charge in [-0.05, 0) is 38.5 Å². The molecule has 0 spiro atoms. The molecule has 1 unspecified atom stereocenters. The third-order valence-electron chi connectivity index (χ3n) is 4.17. The van der Waals surface area contributed by atoms with Gasteiger partial charge in [0.2, 0.25) is 5.91 Å². The number of rotatable bonds is 3. The number of carbonyl (C=O) groups is 1. The highest BCUT2D eigenvalue weighted by Crippen LogP contribution is 2.23. The molecule has 0 aromatic rings. The van der Waals surface area contributed by atoms with Crippen LogP contribution in [0.4, 0.5) is 0 Å². The van der Waals surface area contributed by atoms with Crippen LogP contribution < -0.4 is 0 Å². The van der Waals surface area contributed by atoms with E-state index in [1.165, 1.54) is 24.8 Å². The second kappa shape index (κ2) is 6.93. The number of hydrogen-bond donors (Lipinski definition) is 1. The summed E-state index contributed by atoms with van der Waals surface area (Å²) in [5, 5.41) is 9.43. The van der Waals surface area contributed by atoms with Gasteiger partial charge in [0, 0.05) is 13.0 Å². The van der Waals surface area contributed by atoms with Crippen molar-refractivity contribution in [2.24, 2.45) is 0 Å². The van der Waals surface area contributed by atoms with Crippen LogP contribution in [0, 0.1) is 0 Å². The maximum atomic E-state index is 12.4. The predicted molar refractivity (Wildman–Crippen MR) is 72.2 cm³/mol. The lowest BCUT2D eigenvalue weighted by molar-refractivity contribution is -0.133. The Labute approximate surface area is 110 Å². The molecule has 18 heavy (non-hydrogen) atoms. The Kier molecular flexibility index (Phi) is 5.24. The minimum Gasteiger partial charge on any atom is -0.394 e. The molecule has 1 atom stereocenters. The Morgan fingerprint density at radius 1 is 1.28 bits per heavy atom. The summed E-state index contributed by atoms with van der Waals surface area (Å²) in [5.41, 5.74) is 1.31. The van der Waals surface area contributed by atoms with Crippen molar-refractivity contribution in [1.29, 1.82) is 0 Å². The van der Waals surface area contributed by atoms with Crippen LogP contribution in [0.15, 0.2) is 11.6 Å². The van der Waals surface area contributed by atoms with Crippen molar-refractivity contribution in [2.45, 2.75) is 63.8 Å². The lowest BCUT2D eigenvalue weighted by atomic mass is 9.96. The first-order chi connectivity index (χ1) is 8.81. The van der Waals surface area contributed by atoms with Crippen molar-refractivity contribution in [3.63, 3.8) is 0 Å². The van der Waals surface area contributed by atoms with Crippen LogP contribution in [0.25, 0.3) is 0 Å². The summed E-state index contributed by atoms with van der Waals surface area (Å²) in [6.45, 7) is 0.947. The molecule has 1 aliphatic carbocycles. The van der Waals surface area contributed by atoms with Gasteiger partial charge in [-0.1, -0.05) is 24.5 Å². The largest absolute Gasteiger partial charge is 0.394 e. The van der Waals surface area contributed by atoms with Gasteiger partial charge >= 0.3 is 0 Å². The van der Waals surface area contributed by atoms with Crippen LogP contribution in [0.3, 0.4) is 0 Å². The molecule has 1 N–H and O–H groups in total. The van der Waals surface area contributed by atoms with E-state index < -0.39 is 0 Å². The molecule has 3 heteroatoms. The van der Waals surface area contributed by atoms with Gasteiger partial charge in [-0.2, -0.15) is 0 Å². The zero-order chi connectivity index (χ0) is 12.8. The number of aliphatic hydroxyl groups excluding tert-OH is 1. The van der Waals surface area contributed by atoms with Gasteiger partial charge in [0.1, 0.15) is 0 Å². The molecule has 1 amide bonds. The molecule has 0 saturated carbocycles. The molecule has 102 valence electrons. The van der Waals surface area contributed by atoms with Crippen molar-refractivity contribution < 1.29 is 9.90 Å². The van der Waals surface area contributed by atoms with Crippen molar-refractivity contribution in [1.82, 2.24) is 4.90 Å². The number of allylic oxidation sites excluding steroid dienone is 1. The van der Waals surface area contributed by atoms with E-state index in [1.807, 2.05) is 4.90 Å². The van der Waals surface area contributed by atoms with E-state index in [0.717, 1.165) is 38.6 Å². The third kappa shape index (κ3) is 3.58. The summed E-state index contributed by atoms with van der Waals surface area (Å²) in [6, 6.07) is 0.0594. The fraction of sp³-hybridized carbons (Fsp3) is 0.800. The second-order valence-corrected chi connectivity index (χ2v) is 5.56. The minimum absolute atomic E-state index is 0.0594. The maximum absolute atomic E-state index is 12.4. The molecule has 3 nitrogen and oxygen atoms in total. The fourth-order valence-electron chi connectivity index (χ4n) is 3.06. The number of carbonyl (C=O) groups excluding carboxylic acids is 1. The van der Waals surface area contributed by atoms with E-state index in [9.17, 15) is 9.90 Å². The van der Waals surface area contributed by atoms with Crippen molar-refractivity contribution in [3.8, 4) is 0 Å². The van der Waals surface area contributed by atoms with E-state index in [-0.39, 0.29) is 18.6 Å². The topological polar surface area (TPSA) is 40.5 Å². The van der Waals surface area contributed by atoms with Crippen LogP contribution >= 0.6 is 0 Å². The summed E-state index contributed by atoms with van der Waals surface area (Å²) in [5.74, 6) is 0.226. The molecule has 0 aromatic carbocycles. The second-order valence-electron chi connectivity index (χ2n) is 5.56. The lowest BCUT2D eigenvalue weighted by Gasteiger charge is -2.29. The highest BCUT2D eigenvalue weighted by atomic mass is 16.3. The van der Waals surface area contributed by atoms with Gasteiger partial charge in [-0.25, -0.2) is 0 Å². The molecule has 2 aliphatic rings. The number of nitrogens with zero attached hydrogens (tertiary/aromatic N) is 1. The highest BCUT2D eigenvalue weighted by molar-refractivity contribution is 5.79. The molecule has 1 heterocycles. The standard InChI is InChI=1S/C15H25NO2/c17-12-14-9-5-2-6-10-16(14)15(18)11-13-7-3-1-4-8-13/h7,14,17H,1-6,8-12H2.